The molecule has 2 N–H and O–H groups in total. The van der Waals surface area contributed by atoms with E-state index in [-0.39, 0.29) is 5.54 Å². The van der Waals surface area contributed by atoms with E-state index in [0.717, 1.165) is 24.5 Å². The first-order valence-electron chi connectivity index (χ1n) is 5.65. The predicted molar refractivity (Wildman–Crippen MR) is 71.0 cm³/mol. The third-order valence-corrected chi connectivity index (χ3v) is 3.77. The fraction of sp³-hybridized carbons (Fsp3) is 0.583. The van der Waals surface area contributed by atoms with E-state index in [1.54, 1.807) is 0 Å². The first kappa shape index (κ1) is 11.7. The number of nitrogens with zero attached hydrogens (tertiary/aromatic N) is 2. The fourth-order valence-corrected chi connectivity index (χ4v) is 2.65. The average molecular weight is 237 g/mol. The van der Waals surface area contributed by atoms with Crippen molar-refractivity contribution in [2.75, 3.05) is 29.5 Å². The molecule has 0 bridgehead atoms. The first-order valence-corrected chi connectivity index (χ1v) is 6.81. The lowest BCUT2D eigenvalue weighted by atomic mass is 9.98. The second-order valence-electron chi connectivity index (χ2n) is 4.73. The van der Waals surface area contributed by atoms with Gasteiger partial charge in [0.1, 0.15) is 5.82 Å². The Kier molecular flexibility index (Phi) is 3.40. The van der Waals surface area contributed by atoms with Crippen LogP contribution in [-0.2, 0) is 5.54 Å². The van der Waals surface area contributed by atoms with Gasteiger partial charge in [-0.15, -0.1) is 0 Å². The monoisotopic (exact) mass is 237 g/mol. The van der Waals surface area contributed by atoms with E-state index >= 15 is 0 Å². The molecule has 1 aliphatic rings. The summed E-state index contributed by atoms with van der Waals surface area (Å²) in [5, 5.41) is 0. The molecule has 3 nitrogen and oxygen atoms in total. The van der Waals surface area contributed by atoms with Crippen molar-refractivity contribution in [1.82, 2.24) is 4.98 Å². The molecule has 4 heteroatoms. The van der Waals surface area contributed by atoms with Gasteiger partial charge in [0.15, 0.2) is 0 Å². The van der Waals surface area contributed by atoms with Crippen LogP contribution in [0.5, 0.6) is 0 Å². The number of aromatic nitrogens is 1. The SMILES string of the molecule is CC(C)(N)c1ccc(N2CCSCC2)nc1. The van der Waals surface area contributed by atoms with Gasteiger partial charge in [0, 0.05) is 36.3 Å². The summed E-state index contributed by atoms with van der Waals surface area (Å²) < 4.78 is 0. The quantitative estimate of drug-likeness (QED) is 0.852. The smallest absolute Gasteiger partial charge is 0.128 e. The minimum Gasteiger partial charge on any atom is -0.355 e. The summed E-state index contributed by atoms with van der Waals surface area (Å²) in [6.45, 7) is 6.20. The molecule has 0 radical (unpaired) electrons. The zero-order chi connectivity index (χ0) is 11.6. The van der Waals surface area contributed by atoms with Gasteiger partial charge in [-0.25, -0.2) is 4.98 Å². The van der Waals surface area contributed by atoms with Crippen LogP contribution >= 0.6 is 11.8 Å². The third-order valence-electron chi connectivity index (χ3n) is 2.83. The summed E-state index contributed by atoms with van der Waals surface area (Å²) in [4.78, 5) is 6.84. The number of nitrogens with two attached hydrogens (primary N) is 1. The molecular weight excluding hydrogens is 218 g/mol. The van der Waals surface area contributed by atoms with E-state index in [4.69, 9.17) is 5.73 Å². The zero-order valence-corrected chi connectivity index (χ0v) is 10.8. The second kappa shape index (κ2) is 4.63. The van der Waals surface area contributed by atoms with E-state index in [1.165, 1.54) is 11.5 Å². The summed E-state index contributed by atoms with van der Waals surface area (Å²) in [5.74, 6) is 3.48. The largest absolute Gasteiger partial charge is 0.355 e. The van der Waals surface area contributed by atoms with E-state index in [1.807, 2.05) is 31.8 Å². The van der Waals surface area contributed by atoms with Crippen LogP contribution in [0.1, 0.15) is 19.4 Å². The highest BCUT2D eigenvalue weighted by Gasteiger charge is 2.16. The first-order chi connectivity index (χ1) is 7.57. The molecule has 0 amide bonds. The van der Waals surface area contributed by atoms with Gasteiger partial charge in [-0.3, -0.25) is 0 Å². The summed E-state index contributed by atoms with van der Waals surface area (Å²) in [5.41, 5.74) is 6.81. The van der Waals surface area contributed by atoms with Crippen molar-refractivity contribution in [3.05, 3.63) is 23.9 Å². The predicted octanol–water partition coefficient (Wildman–Crippen LogP) is 1.83. The summed E-state index contributed by atoms with van der Waals surface area (Å²) in [7, 11) is 0. The van der Waals surface area contributed by atoms with Crippen LogP contribution < -0.4 is 10.6 Å². The zero-order valence-electron chi connectivity index (χ0n) is 9.94. The van der Waals surface area contributed by atoms with Crippen molar-refractivity contribution in [3.63, 3.8) is 0 Å². The van der Waals surface area contributed by atoms with Crippen molar-refractivity contribution in [3.8, 4) is 0 Å². The topological polar surface area (TPSA) is 42.1 Å². The third kappa shape index (κ3) is 2.68. The molecule has 2 heterocycles. The van der Waals surface area contributed by atoms with E-state index in [2.05, 4.69) is 22.0 Å². The number of thioether (sulfide) groups is 1. The summed E-state index contributed by atoms with van der Waals surface area (Å²) in [6.07, 6.45) is 1.90. The number of pyridine rings is 1. The molecule has 1 aliphatic heterocycles. The van der Waals surface area contributed by atoms with Crippen molar-refractivity contribution in [2.24, 2.45) is 5.73 Å². The maximum atomic E-state index is 6.03. The van der Waals surface area contributed by atoms with Gasteiger partial charge in [-0.1, -0.05) is 6.07 Å². The van der Waals surface area contributed by atoms with Gasteiger partial charge < -0.3 is 10.6 Å². The lowest BCUT2D eigenvalue weighted by molar-refractivity contribution is 0.552. The van der Waals surface area contributed by atoms with Crippen LogP contribution in [0.25, 0.3) is 0 Å². The van der Waals surface area contributed by atoms with Crippen LogP contribution in [0.2, 0.25) is 0 Å². The van der Waals surface area contributed by atoms with Crippen LogP contribution in [0, 0.1) is 0 Å². The lowest BCUT2D eigenvalue weighted by Gasteiger charge is -2.28. The van der Waals surface area contributed by atoms with Crippen molar-refractivity contribution >= 4 is 17.6 Å². The Labute approximate surface area is 101 Å². The molecule has 0 atom stereocenters. The van der Waals surface area contributed by atoms with E-state index in [0.29, 0.717) is 0 Å². The second-order valence-corrected chi connectivity index (χ2v) is 5.95. The molecule has 0 aromatic carbocycles. The summed E-state index contributed by atoms with van der Waals surface area (Å²) >= 11 is 2.01. The van der Waals surface area contributed by atoms with Gasteiger partial charge in [-0.2, -0.15) is 11.8 Å². The molecule has 0 aliphatic carbocycles. The minimum atomic E-state index is -0.302. The highest BCUT2D eigenvalue weighted by atomic mass is 32.2. The number of rotatable bonds is 2. The number of anilines is 1. The Bertz CT molecular complexity index is 336. The van der Waals surface area contributed by atoms with E-state index in [9.17, 15) is 0 Å². The molecular formula is C12H19N3S. The molecule has 0 saturated carbocycles. The molecule has 1 fully saturated rings. The Hall–Kier alpha value is -0.740. The average Bonchev–Trinajstić information content (AvgIpc) is 2.29. The van der Waals surface area contributed by atoms with Gasteiger partial charge >= 0.3 is 0 Å². The molecule has 0 spiro atoms. The molecule has 1 aromatic rings. The Morgan fingerprint density at radius 1 is 1.31 bits per heavy atom. The van der Waals surface area contributed by atoms with Gasteiger partial charge in [0.25, 0.3) is 0 Å². The lowest BCUT2D eigenvalue weighted by Crippen LogP contribution is -2.33. The normalized spacial score (nSPS) is 17.6. The molecule has 1 aromatic heterocycles. The van der Waals surface area contributed by atoms with Crippen LogP contribution in [-0.4, -0.2) is 29.6 Å². The number of hydrogen-bond acceptors (Lipinski definition) is 4. The Morgan fingerprint density at radius 2 is 2.00 bits per heavy atom. The summed E-state index contributed by atoms with van der Waals surface area (Å²) in [6, 6.07) is 4.17. The van der Waals surface area contributed by atoms with E-state index < -0.39 is 0 Å². The van der Waals surface area contributed by atoms with Crippen molar-refractivity contribution in [1.29, 1.82) is 0 Å². The molecule has 16 heavy (non-hydrogen) atoms. The number of hydrogen-bond donors (Lipinski definition) is 1. The highest BCUT2D eigenvalue weighted by Crippen LogP contribution is 2.20. The van der Waals surface area contributed by atoms with Crippen LogP contribution in [0.15, 0.2) is 18.3 Å². The maximum absolute atomic E-state index is 6.03. The van der Waals surface area contributed by atoms with Crippen molar-refractivity contribution < 1.29 is 0 Å². The van der Waals surface area contributed by atoms with Crippen LogP contribution in [0.4, 0.5) is 5.82 Å². The molecule has 88 valence electrons. The maximum Gasteiger partial charge on any atom is 0.128 e. The Morgan fingerprint density at radius 3 is 2.50 bits per heavy atom. The minimum absolute atomic E-state index is 0.302. The molecule has 2 rings (SSSR count). The standard InChI is InChI=1S/C12H19N3S/c1-12(2,13)10-3-4-11(14-9-10)15-5-7-16-8-6-15/h3-4,9H,5-8,13H2,1-2H3. The van der Waals surface area contributed by atoms with Gasteiger partial charge in [-0.05, 0) is 25.5 Å². The fourth-order valence-electron chi connectivity index (χ4n) is 1.75. The molecule has 1 saturated heterocycles. The van der Waals surface area contributed by atoms with Crippen LogP contribution in [0.3, 0.4) is 0 Å². The highest BCUT2D eigenvalue weighted by molar-refractivity contribution is 7.99. The van der Waals surface area contributed by atoms with Gasteiger partial charge in [0.05, 0.1) is 0 Å². The Balaban J connectivity index is 2.12. The van der Waals surface area contributed by atoms with Gasteiger partial charge in [0.2, 0.25) is 0 Å². The van der Waals surface area contributed by atoms with Crippen molar-refractivity contribution in [2.45, 2.75) is 19.4 Å². The molecule has 0 unspecified atom stereocenters.